The number of carboxylic acid groups (broad SMARTS) is 1. The minimum atomic E-state index is -0.790. The first-order chi connectivity index (χ1) is 11.5. The molecule has 0 spiro atoms. The molecule has 7 nitrogen and oxygen atoms in total. The molecule has 124 valence electrons. The molecule has 24 heavy (non-hydrogen) atoms. The maximum atomic E-state index is 11.2. The maximum Gasteiger partial charge on any atom is 0.309 e. The molecule has 0 saturated heterocycles. The molecule has 0 fully saturated rings. The van der Waals surface area contributed by atoms with Gasteiger partial charge in [0, 0.05) is 6.54 Å². The SMILES string of the molecule is CC(C)(Cc1ccc(CNc2cncc3ncnn23)cc1)C(=O)O. The number of carbonyl (C=O) groups is 1. The topological polar surface area (TPSA) is 92.4 Å². The summed E-state index contributed by atoms with van der Waals surface area (Å²) in [5.41, 5.74) is 2.01. The van der Waals surface area contributed by atoms with Crippen LogP contribution in [0.4, 0.5) is 5.82 Å². The van der Waals surface area contributed by atoms with Gasteiger partial charge in [-0.25, -0.2) is 4.98 Å². The van der Waals surface area contributed by atoms with E-state index < -0.39 is 11.4 Å². The summed E-state index contributed by atoms with van der Waals surface area (Å²) in [6.07, 6.45) is 5.34. The van der Waals surface area contributed by atoms with Crippen LogP contribution in [0.1, 0.15) is 25.0 Å². The lowest BCUT2D eigenvalue weighted by Gasteiger charge is -2.19. The predicted octanol–water partition coefficient (Wildman–Crippen LogP) is 2.39. The van der Waals surface area contributed by atoms with E-state index in [1.165, 1.54) is 6.33 Å². The highest BCUT2D eigenvalue weighted by molar-refractivity contribution is 5.74. The summed E-state index contributed by atoms with van der Waals surface area (Å²) in [5.74, 6) is -0.0252. The van der Waals surface area contributed by atoms with Crippen LogP contribution in [-0.4, -0.2) is 30.7 Å². The Morgan fingerprint density at radius 3 is 2.62 bits per heavy atom. The van der Waals surface area contributed by atoms with Crippen LogP contribution in [0.3, 0.4) is 0 Å². The van der Waals surface area contributed by atoms with Gasteiger partial charge < -0.3 is 10.4 Å². The second-order valence-corrected chi connectivity index (χ2v) is 6.36. The van der Waals surface area contributed by atoms with Gasteiger partial charge in [-0.05, 0) is 31.4 Å². The molecule has 0 radical (unpaired) electrons. The van der Waals surface area contributed by atoms with Crippen LogP contribution in [0.5, 0.6) is 0 Å². The number of hydrogen-bond donors (Lipinski definition) is 2. The number of nitrogens with zero attached hydrogens (tertiary/aromatic N) is 4. The highest BCUT2D eigenvalue weighted by Crippen LogP contribution is 2.22. The number of rotatable bonds is 6. The number of nitrogens with one attached hydrogen (secondary N) is 1. The first-order valence-corrected chi connectivity index (χ1v) is 7.64. The van der Waals surface area contributed by atoms with E-state index in [0.717, 1.165) is 16.9 Å². The van der Waals surface area contributed by atoms with Crippen molar-refractivity contribution >= 4 is 17.4 Å². The molecule has 0 aliphatic heterocycles. The van der Waals surface area contributed by atoms with Crippen molar-refractivity contribution in [2.45, 2.75) is 26.8 Å². The molecular formula is C17H19N5O2. The molecule has 2 heterocycles. The minimum absolute atomic E-state index is 0.498. The third kappa shape index (κ3) is 3.34. The van der Waals surface area contributed by atoms with Crippen LogP contribution in [0.25, 0.3) is 5.65 Å². The second-order valence-electron chi connectivity index (χ2n) is 6.36. The molecule has 2 aromatic heterocycles. The van der Waals surface area contributed by atoms with Crippen LogP contribution in [0.2, 0.25) is 0 Å². The quantitative estimate of drug-likeness (QED) is 0.723. The van der Waals surface area contributed by atoms with Crippen molar-refractivity contribution in [3.05, 3.63) is 54.1 Å². The van der Waals surface area contributed by atoms with E-state index in [9.17, 15) is 9.90 Å². The van der Waals surface area contributed by atoms with E-state index in [-0.39, 0.29) is 0 Å². The van der Waals surface area contributed by atoms with Gasteiger partial charge in [-0.15, -0.1) is 0 Å². The van der Waals surface area contributed by atoms with E-state index in [0.29, 0.717) is 18.6 Å². The fourth-order valence-corrected chi connectivity index (χ4v) is 2.43. The molecular weight excluding hydrogens is 306 g/mol. The van der Waals surface area contributed by atoms with E-state index in [4.69, 9.17) is 0 Å². The van der Waals surface area contributed by atoms with Crippen molar-refractivity contribution in [1.29, 1.82) is 0 Å². The zero-order valence-corrected chi connectivity index (χ0v) is 13.6. The normalized spacial score (nSPS) is 11.6. The predicted molar refractivity (Wildman–Crippen MR) is 89.7 cm³/mol. The van der Waals surface area contributed by atoms with Gasteiger partial charge in [-0.2, -0.15) is 9.61 Å². The van der Waals surface area contributed by atoms with Crippen LogP contribution in [0.15, 0.2) is 43.0 Å². The summed E-state index contributed by atoms with van der Waals surface area (Å²) >= 11 is 0. The lowest BCUT2D eigenvalue weighted by Crippen LogP contribution is -2.26. The summed E-state index contributed by atoms with van der Waals surface area (Å²) in [4.78, 5) is 19.4. The Hall–Kier alpha value is -2.96. The first kappa shape index (κ1) is 15.9. The molecule has 0 aliphatic carbocycles. The third-order valence-electron chi connectivity index (χ3n) is 3.91. The van der Waals surface area contributed by atoms with Gasteiger partial charge in [-0.3, -0.25) is 9.78 Å². The van der Waals surface area contributed by atoms with Gasteiger partial charge in [-0.1, -0.05) is 24.3 Å². The zero-order chi connectivity index (χ0) is 17.2. The Labute approximate surface area is 139 Å². The van der Waals surface area contributed by atoms with Crippen molar-refractivity contribution in [2.75, 3.05) is 5.32 Å². The molecule has 0 saturated carbocycles. The number of carboxylic acids is 1. The third-order valence-corrected chi connectivity index (χ3v) is 3.91. The van der Waals surface area contributed by atoms with Gasteiger partial charge in [0.1, 0.15) is 12.1 Å². The molecule has 0 amide bonds. The average Bonchev–Trinajstić information content (AvgIpc) is 3.03. The van der Waals surface area contributed by atoms with E-state index in [1.807, 2.05) is 24.3 Å². The van der Waals surface area contributed by atoms with Gasteiger partial charge in [0.2, 0.25) is 0 Å². The van der Waals surface area contributed by atoms with Crippen molar-refractivity contribution in [3.63, 3.8) is 0 Å². The highest BCUT2D eigenvalue weighted by atomic mass is 16.4. The Balaban J connectivity index is 1.66. The smallest absolute Gasteiger partial charge is 0.309 e. The van der Waals surface area contributed by atoms with E-state index >= 15 is 0 Å². The zero-order valence-electron chi connectivity index (χ0n) is 13.6. The van der Waals surface area contributed by atoms with Crippen molar-refractivity contribution < 1.29 is 9.90 Å². The monoisotopic (exact) mass is 325 g/mol. The summed E-state index contributed by atoms with van der Waals surface area (Å²) < 4.78 is 1.69. The summed E-state index contributed by atoms with van der Waals surface area (Å²) in [5, 5.41) is 16.6. The number of anilines is 1. The average molecular weight is 325 g/mol. The summed E-state index contributed by atoms with van der Waals surface area (Å²) in [6, 6.07) is 7.93. The standard InChI is InChI=1S/C17H19N5O2/c1-17(2,16(23)24)7-12-3-5-13(6-4-12)8-19-14-9-18-10-15-20-11-21-22(14)15/h3-6,9-11,19H,7-8H2,1-2H3,(H,23,24). The molecule has 3 aromatic rings. The van der Waals surface area contributed by atoms with Crippen molar-refractivity contribution in [1.82, 2.24) is 19.6 Å². The van der Waals surface area contributed by atoms with Gasteiger partial charge in [0.15, 0.2) is 5.65 Å². The molecule has 0 atom stereocenters. The molecule has 0 aliphatic rings. The lowest BCUT2D eigenvalue weighted by molar-refractivity contribution is -0.146. The van der Waals surface area contributed by atoms with E-state index in [1.54, 1.807) is 30.8 Å². The largest absolute Gasteiger partial charge is 0.481 e. The second kappa shape index (κ2) is 6.27. The molecule has 2 N–H and O–H groups in total. The van der Waals surface area contributed by atoms with Crippen molar-refractivity contribution in [2.24, 2.45) is 5.41 Å². The minimum Gasteiger partial charge on any atom is -0.481 e. The number of hydrogen-bond acceptors (Lipinski definition) is 5. The van der Waals surface area contributed by atoms with Crippen molar-refractivity contribution in [3.8, 4) is 0 Å². The van der Waals surface area contributed by atoms with Crippen LogP contribution >= 0.6 is 0 Å². The van der Waals surface area contributed by atoms with Crippen LogP contribution in [0, 0.1) is 5.41 Å². The Kier molecular flexibility index (Phi) is 4.16. The van der Waals surface area contributed by atoms with Crippen LogP contribution in [-0.2, 0) is 17.8 Å². The highest BCUT2D eigenvalue weighted by Gasteiger charge is 2.27. The Morgan fingerprint density at radius 2 is 1.92 bits per heavy atom. The fraction of sp³-hybridized carbons (Fsp3) is 0.294. The first-order valence-electron chi connectivity index (χ1n) is 7.64. The molecule has 3 rings (SSSR count). The van der Waals surface area contributed by atoms with Crippen LogP contribution < -0.4 is 5.32 Å². The number of aliphatic carboxylic acids is 1. The molecule has 1 aromatic carbocycles. The molecule has 7 heteroatoms. The number of aromatic nitrogens is 4. The number of benzene rings is 1. The fourth-order valence-electron chi connectivity index (χ4n) is 2.43. The van der Waals surface area contributed by atoms with Gasteiger partial charge in [0.05, 0.1) is 17.8 Å². The van der Waals surface area contributed by atoms with Gasteiger partial charge in [0.25, 0.3) is 0 Å². The van der Waals surface area contributed by atoms with Gasteiger partial charge >= 0.3 is 5.97 Å². The Bertz CT molecular complexity index is 855. The molecule has 0 bridgehead atoms. The lowest BCUT2D eigenvalue weighted by atomic mass is 9.86. The van der Waals surface area contributed by atoms with E-state index in [2.05, 4.69) is 20.4 Å². The number of fused-ring (bicyclic) bond motifs is 1. The maximum absolute atomic E-state index is 11.2. The summed E-state index contributed by atoms with van der Waals surface area (Å²) in [6.45, 7) is 4.08. The molecule has 0 unspecified atom stereocenters. The Morgan fingerprint density at radius 1 is 1.21 bits per heavy atom. The summed E-state index contributed by atoms with van der Waals surface area (Å²) in [7, 11) is 0.